The average molecular weight is 307 g/mol. The maximum Gasteiger partial charge on any atom is 0.0934 e. The zero-order valence-corrected chi connectivity index (χ0v) is 13.4. The first-order valence-electron chi connectivity index (χ1n) is 6.91. The molecule has 1 aliphatic rings. The van der Waals surface area contributed by atoms with E-state index in [-0.39, 0.29) is 0 Å². The minimum atomic E-state index is 0.460. The summed E-state index contributed by atoms with van der Waals surface area (Å²) in [5.74, 6) is 0. The number of hydrogen-bond acceptors (Lipinski definition) is 3. The summed E-state index contributed by atoms with van der Waals surface area (Å²) in [6, 6.07) is 11.3. The highest BCUT2D eigenvalue weighted by molar-refractivity contribution is 7.16. The fourth-order valence-corrected chi connectivity index (χ4v) is 4.05. The number of anilines is 1. The van der Waals surface area contributed by atoms with Crippen molar-refractivity contribution in [2.75, 3.05) is 19.0 Å². The van der Waals surface area contributed by atoms with Crippen LogP contribution in [0, 0.1) is 0 Å². The number of halogens is 1. The predicted octanol–water partition coefficient (Wildman–Crippen LogP) is 4.24. The Kier molecular flexibility index (Phi) is 4.01. The van der Waals surface area contributed by atoms with Crippen LogP contribution in [-0.2, 0) is 13.0 Å². The topological polar surface area (TPSA) is 15.3 Å². The monoisotopic (exact) mass is 306 g/mol. The first-order valence-corrected chi connectivity index (χ1v) is 8.10. The van der Waals surface area contributed by atoms with Crippen molar-refractivity contribution in [2.24, 2.45) is 0 Å². The van der Waals surface area contributed by atoms with Crippen LogP contribution < -0.4 is 10.2 Å². The van der Waals surface area contributed by atoms with Gasteiger partial charge in [0.25, 0.3) is 0 Å². The third-order valence-corrected chi connectivity index (χ3v) is 5.19. The molecule has 0 radical (unpaired) electrons. The SMILES string of the molecule is CN(C)c1ccc(CNC2CCc3sc(Cl)cc32)cc1. The van der Waals surface area contributed by atoms with Gasteiger partial charge < -0.3 is 10.2 Å². The van der Waals surface area contributed by atoms with Crippen molar-refractivity contribution in [3.05, 3.63) is 50.7 Å². The molecule has 0 saturated heterocycles. The van der Waals surface area contributed by atoms with Crippen LogP contribution in [0.3, 0.4) is 0 Å². The third kappa shape index (κ3) is 2.85. The van der Waals surface area contributed by atoms with Crippen LogP contribution in [0.4, 0.5) is 5.69 Å². The van der Waals surface area contributed by atoms with E-state index in [4.69, 9.17) is 11.6 Å². The fraction of sp³-hybridized carbons (Fsp3) is 0.375. The van der Waals surface area contributed by atoms with E-state index in [0.29, 0.717) is 6.04 Å². The molecule has 0 aliphatic heterocycles. The second-order valence-electron chi connectivity index (χ2n) is 5.46. The summed E-state index contributed by atoms with van der Waals surface area (Å²) in [7, 11) is 4.13. The Morgan fingerprint density at radius 1 is 1.30 bits per heavy atom. The fourth-order valence-electron chi connectivity index (χ4n) is 2.70. The molecule has 2 nitrogen and oxygen atoms in total. The number of nitrogens with one attached hydrogen (secondary N) is 1. The molecule has 1 atom stereocenters. The number of fused-ring (bicyclic) bond motifs is 1. The van der Waals surface area contributed by atoms with Crippen molar-refractivity contribution in [3.8, 4) is 0 Å². The molecular formula is C16H19ClN2S. The molecule has 1 aromatic carbocycles. The smallest absolute Gasteiger partial charge is 0.0934 e. The summed E-state index contributed by atoms with van der Waals surface area (Å²) in [4.78, 5) is 3.57. The standard InChI is InChI=1S/C16H19ClN2S/c1-19(2)12-5-3-11(4-6-12)10-18-14-7-8-15-13(14)9-16(17)20-15/h3-6,9,14,18H,7-8,10H2,1-2H3. The van der Waals surface area contributed by atoms with Crippen molar-refractivity contribution >= 4 is 28.6 Å². The largest absolute Gasteiger partial charge is 0.378 e. The van der Waals surface area contributed by atoms with E-state index in [0.717, 1.165) is 17.3 Å². The zero-order chi connectivity index (χ0) is 14.1. The van der Waals surface area contributed by atoms with Gasteiger partial charge in [0.2, 0.25) is 0 Å². The molecule has 106 valence electrons. The quantitative estimate of drug-likeness (QED) is 0.908. The number of benzene rings is 1. The van der Waals surface area contributed by atoms with Gasteiger partial charge in [-0.1, -0.05) is 23.7 Å². The van der Waals surface area contributed by atoms with E-state index in [1.54, 1.807) is 11.3 Å². The summed E-state index contributed by atoms with van der Waals surface area (Å²) in [5.41, 5.74) is 3.97. The molecule has 0 fully saturated rings. The van der Waals surface area contributed by atoms with Crippen LogP contribution in [0.1, 0.15) is 28.5 Å². The lowest BCUT2D eigenvalue weighted by molar-refractivity contribution is 0.530. The second-order valence-corrected chi connectivity index (χ2v) is 7.23. The van der Waals surface area contributed by atoms with Crippen molar-refractivity contribution in [1.29, 1.82) is 0 Å². The van der Waals surface area contributed by atoms with Crippen molar-refractivity contribution < 1.29 is 0 Å². The second kappa shape index (κ2) is 5.76. The Morgan fingerprint density at radius 3 is 2.75 bits per heavy atom. The van der Waals surface area contributed by atoms with E-state index in [1.807, 2.05) is 0 Å². The molecule has 1 aliphatic carbocycles. The van der Waals surface area contributed by atoms with Crippen LogP contribution in [0.25, 0.3) is 0 Å². The van der Waals surface area contributed by atoms with E-state index < -0.39 is 0 Å². The molecular weight excluding hydrogens is 288 g/mol. The molecule has 0 bridgehead atoms. The number of aryl methyl sites for hydroxylation is 1. The summed E-state index contributed by atoms with van der Waals surface area (Å²) in [5, 5.41) is 3.65. The molecule has 1 aromatic heterocycles. The lowest BCUT2D eigenvalue weighted by Crippen LogP contribution is -2.18. The van der Waals surface area contributed by atoms with Crippen molar-refractivity contribution in [3.63, 3.8) is 0 Å². The van der Waals surface area contributed by atoms with Crippen LogP contribution in [0.5, 0.6) is 0 Å². The van der Waals surface area contributed by atoms with Gasteiger partial charge in [-0.2, -0.15) is 0 Å². The maximum atomic E-state index is 6.09. The van der Waals surface area contributed by atoms with E-state index in [2.05, 4.69) is 54.6 Å². The number of rotatable bonds is 4. The Hall–Kier alpha value is -1.03. The van der Waals surface area contributed by atoms with Crippen LogP contribution in [0.2, 0.25) is 4.34 Å². The lowest BCUT2D eigenvalue weighted by atomic mass is 10.1. The van der Waals surface area contributed by atoms with Gasteiger partial charge in [-0.05, 0) is 42.2 Å². The highest BCUT2D eigenvalue weighted by Gasteiger charge is 2.24. The summed E-state index contributed by atoms with van der Waals surface area (Å²) >= 11 is 7.82. The van der Waals surface area contributed by atoms with Crippen LogP contribution in [0.15, 0.2) is 30.3 Å². The summed E-state index contributed by atoms with van der Waals surface area (Å²) in [6.45, 7) is 0.908. The van der Waals surface area contributed by atoms with Gasteiger partial charge >= 0.3 is 0 Å². The number of nitrogens with zero attached hydrogens (tertiary/aromatic N) is 1. The molecule has 1 unspecified atom stereocenters. The first-order chi connectivity index (χ1) is 9.63. The van der Waals surface area contributed by atoms with Crippen molar-refractivity contribution in [1.82, 2.24) is 5.32 Å². The van der Waals surface area contributed by atoms with Gasteiger partial charge in [0, 0.05) is 37.2 Å². The molecule has 20 heavy (non-hydrogen) atoms. The number of thiophene rings is 1. The molecule has 4 heteroatoms. The van der Waals surface area contributed by atoms with E-state index >= 15 is 0 Å². The van der Waals surface area contributed by atoms with Gasteiger partial charge in [-0.3, -0.25) is 0 Å². The molecule has 0 saturated carbocycles. The Labute approximate surface area is 129 Å². The maximum absolute atomic E-state index is 6.09. The van der Waals surface area contributed by atoms with Gasteiger partial charge in [-0.15, -0.1) is 11.3 Å². The summed E-state index contributed by atoms with van der Waals surface area (Å²) in [6.07, 6.45) is 2.35. The molecule has 1 N–H and O–H groups in total. The highest BCUT2D eigenvalue weighted by Crippen LogP contribution is 2.39. The van der Waals surface area contributed by atoms with E-state index in [9.17, 15) is 0 Å². The molecule has 0 spiro atoms. The highest BCUT2D eigenvalue weighted by atomic mass is 35.5. The van der Waals surface area contributed by atoms with E-state index in [1.165, 1.54) is 28.1 Å². The van der Waals surface area contributed by atoms with Gasteiger partial charge in [0.05, 0.1) is 4.34 Å². The normalized spacial score (nSPS) is 17.2. The van der Waals surface area contributed by atoms with Gasteiger partial charge in [0.15, 0.2) is 0 Å². The van der Waals surface area contributed by atoms with Gasteiger partial charge in [-0.25, -0.2) is 0 Å². The molecule has 3 rings (SSSR count). The zero-order valence-electron chi connectivity index (χ0n) is 11.8. The molecule has 0 amide bonds. The molecule has 2 aromatic rings. The summed E-state index contributed by atoms with van der Waals surface area (Å²) < 4.78 is 0.914. The third-order valence-electron chi connectivity index (χ3n) is 3.85. The lowest BCUT2D eigenvalue weighted by Gasteiger charge is -2.15. The minimum Gasteiger partial charge on any atom is -0.378 e. The van der Waals surface area contributed by atoms with Crippen LogP contribution in [-0.4, -0.2) is 14.1 Å². The van der Waals surface area contributed by atoms with Crippen LogP contribution >= 0.6 is 22.9 Å². The predicted molar refractivity (Wildman–Crippen MR) is 88.0 cm³/mol. The van der Waals surface area contributed by atoms with Gasteiger partial charge in [0.1, 0.15) is 0 Å². The minimum absolute atomic E-state index is 0.460. The first kappa shape index (κ1) is 13.9. The van der Waals surface area contributed by atoms with Crippen molar-refractivity contribution in [2.45, 2.75) is 25.4 Å². The Morgan fingerprint density at radius 2 is 2.05 bits per heavy atom. The Bertz CT molecular complexity index is 589. The number of hydrogen-bond donors (Lipinski definition) is 1. The molecule has 1 heterocycles. The average Bonchev–Trinajstić information content (AvgIpc) is 2.96. The Balaban J connectivity index is 1.63.